The Balaban J connectivity index is 1.84. The highest BCUT2D eigenvalue weighted by atomic mass is 16.5. The summed E-state index contributed by atoms with van der Waals surface area (Å²) >= 11 is 0. The second-order valence-corrected chi connectivity index (χ2v) is 6.08. The van der Waals surface area contributed by atoms with E-state index in [-0.39, 0.29) is 6.04 Å². The van der Waals surface area contributed by atoms with Crippen LogP contribution in [0.5, 0.6) is 5.75 Å². The van der Waals surface area contributed by atoms with Crippen LogP contribution in [0.3, 0.4) is 0 Å². The van der Waals surface area contributed by atoms with E-state index in [1.807, 2.05) is 6.92 Å². The number of likely N-dealkylation sites (tertiary alicyclic amines) is 1. The molecule has 2 rings (SSSR count). The van der Waals surface area contributed by atoms with Gasteiger partial charge in [0.1, 0.15) is 5.75 Å². The Morgan fingerprint density at radius 1 is 1.40 bits per heavy atom. The molecule has 1 saturated heterocycles. The van der Waals surface area contributed by atoms with Gasteiger partial charge >= 0.3 is 0 Å². The Hall–Kier alpha value is -1.06. The first kappa shape index (κ1) is 15.3. The Labute approximate surface area is 123 Å². The first-order valence-corrected chi connectivity index (χ1v) is 7.77. The van der Waals surface area contributed by atoms with E-state index in [0.717, 1.165) is 18.8 Å². The Morgan fingerprint density at radius 3 is 2.85 bits per heavy atom. The molecule has 112 valence electrons. The lowest BCUT2D eigenvalue weighted by molar-refractivity contribution is 0.153. The number of nitrogens with two attached hydrogens (primary N) is 1. The van der Waals surface area contributed by atoms with Crippen LogP contribution in [-0.4, -0.2) is 31.1 Å². The van der Waals surface area contributed by atoms with Gasteiger partial charge in [-0.15, -0.1) is 0 Å². The monoisotopic (exact) mass is 276 g/mol. The van der Waals surface area contributed by atoms with Gasteiger partial charge < -0.3 is 15.4 Å². The zero-order valence-electron chi connectivity index (χ0n) is 13.1. The summed E-state index contributed by atoms with van der Waals surface area (Å²) in [6.45, 7) is 6.13. The SMILES string of the molecule is Cc1cc([C@H](C)N)ccc1OCCC1CCCCN1C. The first-order chi connectivity index (χ1) is 9.58. The number of piperidine rings is 1. The molecule has 1 aromatic rings. The summed E-state index contributed by atoms with van der Waals surface area (Å²) in [4.78, 5) is 2.47. The molecule has 0 radical (unpaired) electrons. The van der Waals surface area contributed by atoms with Gasteiger partial charge in [0.25, 0.3) is 0 Å². The van der Waals surface area contributed by atoms with Crippen molar-refractivity contribution in [2.75, 3.05) is 20.2 Å². The quantitative estimate of drug-likeness (QED) is 0.897. The van der Waals surface area contributed by atoms with Crippen LogP contribution in [0.25, 0.3) is 0 Å². The van der Waals surface area contributed by atoms with Gasteiger partial charge in [-0.2, -0.15) is 0 Å². The van der Waals surface area contributed by atoms with Gasteiger partial charge in [0.2, 0.25) is 0 Å². The van der Waals surface area contributed by atoms with Gasteiger partial charge in [-0.1, -0.05) is 18.6 Å². The maximum atomic E-state index is 5.96. The molecule has 0 bridgehead atoms. The van der Waals surface area contributed by atoms with Gasteiger partial charge in [-0.3, -0.25) is 0 Å². The Morgan fingerprint density at radius 2 is 2.20 bits per heavy atom. The lowest BCUT2D eigenvalue weighted by atomic mass is 10.0. The van der Waals surface area contributed by atoms with Crippen LogP contribution in [0.1, 0.15) is 49.8 Å². The van der Waals surface area contributed by atoms with Crippen molar-refractivity contribution in [2.45, 2.75) is 51.6 Å². The summed E-state index contributed by atoms with van der Waals surface area (Å²) < 4.78 is 5.96. The lowest BCUT2D eigenvalue weighted by Crippen LogP contribution is -2.37. The number of ether oxygens (including phenoxy) is 1. The van der Waals surface area contributed by atoms with Crippen molar-refractivity contribution >= 4 is 0 Å². The highest BCUT2D eigenvalue weighted by molar-refractivity contribution is 5.37. The smallest absolute Gasteiger partial charge is 0.122 e. The summed E-state index contributed by atoms with van der Waals surface area (Å²) in [6, 6.07) is 7.02. The van der Waals surface area contributed by atoms with Crippen molar-refractivity contribution < 1.29 is 4.74 Å². The van der Waals surface area contributed by atoms with Crippen molar-refractivity contribution in [1.29, 1.82) is 0 Å². The third-order valence-corrected chi connectivity index (χ3v) is 4.35. The molecule has 1 heterocycles. The van der Waals surface area contributed by atoms with E-state index < -0.39 is 0 Å². The van der Waals surface area contributed by atoms with E-state index in [2.05, 4.69) is 37.1 Å². The average molecular weight is 276 g/mol. The normalized spacial score (nSPS) is 21.7. The fourth-order valence-corrected chi connectivity index (χ4v) is 2.93. The molecule has 2 N–H and O–H groups in total. The summed E-state index contributed by atoms with van der Waals surface area (Å²) in [7, 11) is 2.23. The van der Waals surface area contributed by atoms with Gasteiger partial charge in [-0.25, -0.2) is 0 Å². The fourth-order valence-electron chi connectivity index (χ4n) is 2.93. The number of hydrogen-bond acceptors (Lipinski definition) is 3. The molecule has 20 heavy (non-hydrogen) atoms. The first-order valence-electron chi connectivity index (χ1n) is 7.77. The molecule has 0 saturated carbocycles. The highest BCUT2D eigenvalue weighted by Gasteiger charge is 2.18. The molecular weight excluding hydrogens is 248 g/mol. The molecule has 0 amide bonds. The number of benzene rings is 1. The van der Waals surface area contributed by atoms with Crippen molar-refractivity contribution in [3.63, 3.8) is 0 Å². The van der Waals surface area contributed by atoms with Crippen LogP contribution in [0.4, 0.5) is 0 Å². The third-order valence-electron chi connectivity index (χ3n) is 4.35. The predicted molar refractivity (Wildman–Crippen MR) is 84.2 cm³/mol. The lowest BCUT2D eigenvalue weighted by Gasteiger charge is -2.32. The molecule has 1 fully saturated rings. The molecule has 1 aliphatic heterocycles. The molecule has 2 atom stereocenters. The molecule has 1 unspecified atom stereocenters. The van der Waals surface area contributed by atoms with Crippen molar-refractivity contribution in [3.8, 4) is 5.75 Å². The van der Waals surface area contributed by atoms with Crippen molar-refractivity contribution in [3.05, 3.63) is 29.3 Å². The molecule has 1 aliphatic rings. The van der Waals surface area contributed by atoms with Crippen LogP contribution in [0.15, 0.2) is 18.2 Å². The average Bonchev–Trinajstić information content (AvgIpc) is 2.42. The Bertz CT molecular complexity index is 431. The minimum Gasteiger partial charge on any atom is -0.493 e. The largest absolute Gasteiger partial charge is 0.493 e. The number of rotatable bonds is 5. The second-order valence-electron chi connectivity index (χ2n) is 6.08. The van der Waals surface area contributed by atoms with Crippen LogP contribution < -0.4 is 10.5 Å². The second kappa shape index (κ2) is 7.09. The summed E-state index contributed by atoms with van der Waals surface area (Å²) in [5.41, 5.74) is 8.25. The zero-order chi connectivity index (χ0) is 14.5. The molecule has 3 heteroatoms. The number of aryl methyl sites for hydroxylation is 1. The third kappa shape index (κ3) is 3.97. The number of hydrogen-bond donors (Lipinski definition) is 1. The fraction of sp³-hybridized carbons (Fsp3) is 0.647. The molecule has 3 nitrogen and oxygen atoms in total. The standard InChI is InChI=1S/C17H28N2O/c1-13-12-15(14(2)18)7-8-17(13)20-11-9-16-6-4-5-10-19(16)3/h7-8,12,14,16H,4-6,9-11,18H2,1-3H3/t14-,16?/m0/s1. The highest BCUT2D eigenvalue weighted by Crippen LogP contribution is 2.23. The molecule has 0 spiro atoms. The van der Waals surface area contributed by atoms with E-state index in [0.29, 0.717) is 6.04 Å². The van der Waals surface area contributed by atoms with Gasteiger partial charge in [0.15, 0.2) is 0 Å². The summed E-state index contributed by atoms with van der Waals surface area (Å²) in [5, 5.41) is 0. The van der Waals surface area contributed by atoms with E-state index in [4.69, 9.17) is 10.5 Å². The number of nitrogens with zero attached hydrogens (tertiary/aromatic N) is 1. The Kier molecular flexibility index (Phi) is 5.44. The van der Waals surface area contributed by atoms with E-state index in [1.54, 1.807) is 0 Å². The zero-order valence-corrected chi connectivity index (χ0v) is 13.1. The molecule has 0 aliphatic carbocycles. The van der Waals surface area contributed by atoms with E-state index in [9.17, 15) is 0 Å². The minimum atomic E-state index is 0.0821. The van der Waals surface area contributed by atoms with Crippen LogP contribution >= 0.6 is 0 Å². The molecule has 1 aromatic carbocycles. The predicted octanol–water partition coefficient (Wildman–Crippen LogP) is 3.27. The van der Waals surface area contributed by atoms with Crippen molar-refractivity contribution in [2.24, 2.45) is 5.73 Å². The van der Waals surface area contributed by atoms with Gasteiger partial charge in [0, 0.05) is 12.1 Å². The minimum absolute atomic E-state index is 0.0821. The van der Waals surface area contributed by atoms with Gasteiger partial charge in [-0.05, 0) is 63.9 Å². The summed E-state index contributed by atoms with van der Waals surface area (Å²) in [6.07, 6.45) is 5.12. The van der Waals surface area contributed by atoms with Crippen molar-refractivity contribution in [1.82, 2.24) is 4.90 Å². The van der Waals surface area contributed by atoms with E-state index >= 15 is 0 Å². The maximum Gasteiger partial charge on any atom is 0.122 e. The van der Waals surface area contributed by atoms with E-state index in [1.165, 1.54) is 36.9 Å². The van der Waals surface area contributed by atoms with Gasteiger partial charge in [0.05, 0.1) is 6.61 Å². The van der Waals surface area contributed by atoms with Crippen LogP contribution in [-0.2, 0) is 0 Å². The van der Waals surface area contributed by atoms with Crippen LogP contribution in [0, 0.1) is 6.92 Å². The maximum absolute atomic E-state index is 5.96. The van der Waals surface area contributed by atoms with Crippen LogP contribution in [0.2, 0.25) is 0 Å². The topological polar surface area (TPSA) is 38.5 Å². The summed E-state index contributed by atoms with van der Waals surface area (Å²) in [5.74, 6) is 0.993. The molecular formula is C17H28N2O. The molecule has 0 aromatic heterocycles.